The van der Waals surface area contributed by atoms with Crippen LogP contribution in [-0.4, -0.2) is 57.2 Å². The predicted octanol–water partition coefficient (Wildman–Crippen LogP) is -2.11. The van der Waals surface area contributed by atoms with Crippen molar-refractivity contribution in [3.8, 4) is 0 Å². The third-order valence-corrected chi connectivity index (χ3v) is 2.98. The van der Waals surface area contributed by atoms with Gasteiger partial charge in [-0.25, -0.2) is 9.78 Å². The molecule has 10 heteroatoms. The maximum absolute atomic E-state index is 12.1. The van der Waals surface area contributed by atoms with Crippen molar-refractivity contribution in [1.82, 2.24) is 20.6 Å². The van der Waals surface area contributed by atoms with E-state index < -0.39 is 29.9 Å². The molecule has 0 bridgehead atoms. The zero-order chi connectivity index (χ0) is 15.8. The highest BCUT2D eigenvalue weighted by Crippen LogP contribution is 2.00. The molecule has 1 heterocycles. The summed E-state index contributed by atoms with van der Waals surface area (Å²) in [6.07, 6.45) is 3.07. The first-order valence-corrected chi connectivity index (χ1v) is 6.71. The van der Waals surface area contributed by atoms with Gasteiger partial charge in [-0.2, -0.15) is 12.6 Å². The van der Waals surface area contributed by atoms with Gasteiger partial charge >= 0.3 is 5.97 Å². The largest absolute Gasteiger partial charge is 0.480 e. The number of thiol groups is 1. The van der Waals surface area contributed by atoms with Crippen LogP contribution in [0.5, 0.6) is 0 Å². The van der Waals surface area contributed by atoms with Gasteiger partial charge in [0.15, 0.2) is 0 Å². The predicted molar refractivity (Wildman–Crippen MR) is 76.7 cm³/mol. The number of rotatable bonds is 8. The summed E-state index contributed by atoms with van der Waals surface area (Å²) >= 11 is 3.86. The molecule has 0 aromatic carbocycles. The van der Waals surface area contributed by atoms with Gasteiger partial charge in [0.2, 0.25) is 11.8 Å². The normalized spacial score (nSPS) is 13.2. The van der Waals surface area contributed by atoms with E-state index in [-0.39, 0.29) is 18.7 Å². The number of carboxylic acids is 1. The Kier molecular flexibility index (Phi) is 6.69. The highest BCUT2D eigenvalue weighted by atomic mass is 32.1. The van der Waals surface area contributed by atoms with E-state index in [0.717, 1.165) is 0 Å². The fourth-order valence-corrected chi connectivity index (χ4v) is 1.78. The Morgan fingerprint density at radius 3 is 2.57 bits per heavy atom. The molecule has 116 valence electrons. The van der Waals surface area contributed by atoms with Crippen molar-refractivity contribution >= 4 is 30.4 Å². The molecule has 0 aliphatic heterocycles. The molecule has 9 nitrogen and oxygen atoms in total. The van der Waals surface area contributed by atoms with Crippen molar-refractivity contribution in [2.24, 2.45) is 5.73 Å². The number of carbonyl (C=O) groups is 3. The van der Waals surface area contributed by atoms with Crippen LogP contribution in [0.2, 0.25) is 0 Å². The molecule has 1 rings (SSSR count). The van der Waals surface area contributed by atoms with Crippen LogP contribution in [0.1, 0.15) is 5.69 Å². The number of H-pyrrole nitrogens is 1. The number of aliphatic carboxylic acids is 1. The molecule has 0 aliphatic carbocycles. The second-order valence-electron chi connectivity index (χ2n) is 4.19. The van der Waals surface area contributed by atoms with Crippen LogP contribution in [0.15, 0.2) is 12.5 Å². The summed E-state index contributed by atoms with van der Waals surface area (Å²) < 4.78 is 0. The van der Waals surface area contributed by atoms with Crippen molar-refractivity contribution in [3.63, 3.8) is 0 Å². The SMILES string of the molecule is NCC(=O)NC(Cc1cnc[nH]1)C(=O)NC(CS)C(=O)O. The van der Waals surface area contributed by atoms with E-state index in [0.29, 0.717) is 5.69 Å². The maximum Gasteiger partial charge on any atom is 0.327 e. The van der Waals surface area contributed by atoms with Gasteiger partial charge < -0.3 is 26.5 Å². The molecule has 0 saturated heterocycles. The summed E-state index contributed by atoms with van der Waals surface area (Å²) in [6.45, 7) is -0.276. The Bertz CT molecular complexity index is 493. The Labute approximate surface area is 126 Å². The number of aromatic nitrogens is 2. The number of carboxylic acid groups (broad SMARTS) is 1. The minimum Gasteiger partial charge on any atom is -0.480 e. The first-order valence-electron chi connectivity index (χ1n) is 6.08. The number of amides is 2. The molecule has 1 aromatic rings. The number of aromatic amines is 1. The number of carbonyl (C=O) groups excluding carboxylic acids is 2. The van der Waals surface area contributed by atoms with Crippen molar-refractivity contribution in [2.75, 3.05) is 12.3 Å². The lowest BCUT2D eigenvalue weighted by molar-refractivity contribution is -0.141. The minimum absolute atomic E-state index is 0.0668. The third-order valence-electron chi connectivity index (χ3n) is 2.61. The highest BCUT2D eigenvalue weighted by molar-refractivity contribution is 7.80. The van der Waals surface area contributed by atoms with Crippen LogP contribution in [0.4, 0.5) is 0 Å². The zero-order valence-electron chi connectivity index (χ0n) is 11.1. The number of imidazole rings is 1. The summed E-state index contributed by atoms with van der Waals surface area (Å²) in [4.78, 5) is 41.0. The number of nitrogens with one attached hydrogen (secondary N) is 3. The van der Waals surface area contributed by atoms with Gasteiger partial charge in [0.05, 0.1) is 12.9 Å². The topological polar surface area (TPSA) is 150 Å². The van der Waals surface area contributed by atoms with E-state index >= 15 is 0 Å². The molecular weight excluding hydrogens is 298 g/mol. The highest BCUT2D eigenvalue weighted by Gasteiger charge is 2.26. The summed E-state index contributed by atoms with van der Waals surface area (Å²) in [6, 6.07) is -2.09. The standard InChI is InChI=1S/C11H17N5O4S/c12-2-9(17)15-7(1-6-3-13-5-14-6)10(18)16-8(4-21)11(19)20/h3,5,7-8,21H,1-2,4,12H2,(H,13,14)(H,15,17)(H,16,18)(H,19,20). The summed E-state index contributed by atoms with van der Waals surface area (Å²) in [5, 5.41) is 13.6. The van der Waals surface area contributed by atoms with Crippen molar-refractivity contribution in [1.29, 1.82) is 0 Å². The molecule has 0 spiro atoms. The Morgan fingerprint density at radius 1 is 1.38 bits per heavy atom. The summed E-state index contributed by atoms with van der Waals surface area (Å²) in [7, 11) is 0. The fraction of sp³-hybridized carbons (Fsp3) is 0.455. The van der Waals surface area contributed by atoms with Gasteiger partial charge in [-0.15, -0.1) is 0 Å². The number of hydrogen-bond donors (Lipinski definition) is 6. The zero-order valence-corrected chi connectivity index (χ0v) is 12.0. The molecule has 2 amide bonds. The second-order valence-corrected chi connectivity index (χ2v) is 4.55. The summed E-state index contributed by atoms with van der Waals surface area (Å²) in [5.41, 5.74) is 5.82. The van der Waals surface area contributed by atoms with Gasteiger partial charge in [0.25, 0.3) is 0 Å². The molecule has 0 saturated carbocycles. The average Bonchev–Trinajstić information content (AvgIpc) is 2.96. The summed E-state index contributed by atoms with van der Waals surface area (Å²) in [5.74, 6) is -2.42. The number of nitrogens with two attached hydrogens (primary N) is 1. The van der Waals surface area contributed by atoms with Gasteiger partial charge in [-0.05, 0) is 0 Å². The third kappa shape index (κ3) is 5.44. The molecule has 1 aromatic heterocycles. The van der Waals surface area contributed by atoms with Gasteiger partial charge in [0, 0.05) is 24.1 Å². The lowest BCUT2D eigenvalue weighted by Gasteiger charge is -2.20. The first-order chi connectivity index (χ1) is 9.97. The van der Waals surface area contributed by atoms with Crippen molar-refractivity contribution < 1.29 is 19.5 Å². The van der Waals surface area contributed by atoms with E-state index in [1.165, 1.54) is 12.5 Å². The lowest BCUT2D eigenvalue weighted by Crippen LogP contribution is -2.54. The average molecular weight is 315 g/mol. The molecule has 6 N–H and O–H groups in total. The van der Waals surface area contributed by atoms with Gasteiger partial charge in [-0.1, -0.05) is 0 Å². The van der Waals surface area contributed by atoms with Crippen molar-refractivity contribution in [2.45, 2.75) is 18.5 Å². The van der Waals surface area contributed by atoms with E-state index in [9.17, 15) is 14.4 Å². The molecule has 2 unspecified atom stereocenters. The van der Waals surface area contributed by atoms with E-state index in [4.69, 9.17) is 10.8 Å². The molecule has 2 atom stereocenters. The molecule has 0 radical (unpaired) electrons. The molecule has 0 aliphatic rings. The molecular formula is C11H17N5O4S. The first kappa shape index (κ1) is 17.0. The van der Waals surface area contributed by atoms with Gasteiger partial charge in [0.1, 0.15) is 12.1 Å². The van der Waals surface area contributed by atoms with Gasteiger partial charge in [-0.3, -0.25) is 9.59 Å². The molecule has 21 heavy (non-hydrogen) atoms. The molecule has 0 fully saturated rings. The van der Waals surface area contributed by atoms with E-state index in [1.807, 2.05) is 0 Å². The van der Waals surface area contributed by atoms with Crippen LogP contribution in [-0.2, 0) is 20.8 Å². The lowest BCUT2D eigenvalue weighted by atomic mass is 10.1. The number of hydrogen-bond acceptors (Lipinski definition) is 6. The number of nitrogens with zero attached hydrogens (tertiary/aromatic N) is 1. The van der Waals surface area contributed by atoms with Crippen LogP contribution in [0, 0.1) is 0 Å². The van der Waals surface area contributed by atoms with E-state index in [2.05, 4.69) is 33.2 Å². The Hall–Kier alpha value is -2.07. The van der Waals surface area contributed by atoms with Crippen LogP contribution in [0.3, 0.4) is 0 Å². The second kappa shape index (κ2) is 8.27. The Morgan fingerprint density at radius 2 is 2.10 bits per heavy atom. The van der Waals surface area contributed by atoms with Crippen molar-refractivity contribution in [3.05, 3.63) is 18.2 Å². The monoisotopic (exact) mass is 315 g/mol. The minimum atomic E-state index is -1.20. The van der Waals surface area contributed by atoms with Crippen LogP contribution >= 0.6 is 12.6 Å². The Balaban J connectivity index is 2.76. The maximum atomic E-state index is 12.1. The fourth-order valence-electron chi connectivity index (χ4n) is 1.54. The van der Waals surface area contributed by atoms with Crippen LogP contribution in [0.25, 0.3) is 0 Å². The van der Waals surface area contributed by atoms with Crippen LogP contribution < -0.4 is 16.4 Å². The van der Waals surface area contributed by atoms with E-state index in [1.54, 1.807) is 0 Å². The quantitative estimate of drug-likeness (QED) is 0.302. The smallest absolute Gasteiger partial charge is 0.327 e.